The van der Waals surface area contributed by atoms with Gasteiger partial charge in [0.05, 0.1) is 5.57 Å². The van der Waals surface area contributed by atoms with Gasteiger partial charge in [-0.15, -0.1) is 0 Å². The van der Waals surface area contributed by atoms with Crippen LogP contribution in [0.1, 0.15) is 40.5 Å². The van der Waals surface area contributed by atoms with Gasteiger partial charge >= 0.3 is 17.9 Å². The Morgan fingerprint density at radius 3 is 2.66 bits per heavy atom. The molecule has 0 fully saturated rings. The number of fused-ring (bicyclic) bond motifs is 3. The monoisotopic (exact) mass is 404 g/mol. The maximum atomic E-state index is 12.5. The van der Waals surface area contributed by atoms with Crippen LogP contribution in [-0.2, 0) is 33.3 Å². The van der Waals surface area contributed by atoms with Gasteiger partial charge in [-0.3, -0.25) is 4.79 Å². The summed E-state index contributed by atoms with van der Waals surface area (Å²) in [6, 6.07) is 0. The third-order valence-electron chi connectivity index (χ3n) is 4.97. The van der Waals surface area contributed by atoms with Crippen LogP contribution in [0.3, 0.4) is 0 Å². The lowest BCUT2D eigenvalue weighted by atomic mass is 9.88. The molecule has 0 aromatic carbocycles. The molecule has 0 aromatic heterocycles. The second-order valence-electron chi connectivity index (χ2n) is 7.91. The highest BCUT2D eigenvalue weighted by atomic mass is 16.6. The number of ether oxygens (including phenoxy) is 4. The summed E-state index contributed by atoms with van der Waals surface area (Å²) in [6.45, 7) is 9.27. The lowest BCUT2D eigenvalue weighted by Crippen LogP contribution is -2.36. The summed E-state index contributed by atoms with van der Waals surface area (Å²) < 4.78 is 21.9. The van der Waals surface area contributed by atoms with E-state index in [-0.39, 0.29) is 35.5 Å². The molecule has 3 rings (SSSR count). The average Bonchev–Trinajstić information content (AvgIpc) is 3.12. The molecule has 8 nitrogen and oxygen atoms in total. The van der Waals surface area contributed by atoms with E-state index in [1.54, 1.807) is 26.0 Å². The highest BCUT2D eigenvalue weighted by Crippen LogP contribution is 2.44. The van der Waals surface area contributed by atoms with E-state index in [1.807, 2.05) is 0 Å². The molecule has 3 unspecified atom stereocenters. The summed E-state index contributed by atoms with van der Waals surface area (Å²) >= 11 is 0. The molecule has 156 valence electrons. The highest BCUT2D eigenvalue weighted by Gasteiger charge is 2.47. The highest BCUT2D eigenvalue weighted by molar-refractivity contribution is 5.96. The van der Waals surface area contributed by atoms with Crippen LogP contribution in [0, 0.1) is 0 Å². The normalized spacial score (nSPS) is 32.4. The first-order valence-electron chi connectivity index (χ1n) is 9.22. The summed E-state index contributed by atoms with van der Waals surface area (Å²) in [7, 11) is 0. The Morgan fingerprint density at radius 2 is 2.03 bits per heavy atom. The van der Waals surface area contributed by atoms with Crippen molar-refractivity contribution in [2.75, 3.05) is 6.61 Å². The molecule has 0 amide bonds. The fourth-order valence-electron chi connectivity index (χ4n) is 3.47. The Bertz CT molecular complexity index is 888. The van der Waals surface area contributed by atoms with Gasteiger partial charge < -0.3 is 24.1 Å². The molecule has 0 spiro atoms. The zero-order chi connectivity index (χ0) is 21.6. The van der Waals surface area contributed by atoms with Crippen LogP contribution in [0.5, 0.6) is 0 Å². The topological polar surface area (TPSA) is 108 Å². The number of rotatable bonds is 4. The zero-order valence-corrected chi connectivity index (χ0v) is 16.9. The quantitative estimate of drug-likeness (QED) is 0.431. The summed E-state index contributed by atoms with van der Waals surface area (Å²) in [5, 5.41) is 11.1. The first-order valence-corrected chi connectivity index (χ1v) is 9.22. The molecule has 0 aliphatic carbocycles. The van der Waals surface area contributed by atoms with Crippen molar-refractivity contribution in [3.05, 3.63) is 47.0 Å². The summed E-state index contributed by atoms with van der Waals surface area (Å²) in [5.74, 6) is -1.46. The minimum absolute atomic E-state index is 0.0529. The minimum Gasteiger partial charge on any atom is -0.485 e. The second kappa shape index (κ2) is 7.18. The minimum atomic E-state index is -1.48. The standard InChI is InChI=1S/C21H24O8/c1-11(2)18(23)27-15-9-21(5,25)16-6-7-20(4,29-16)8-14-17(15)13(19(24)28-14)10-26-12(3)22/h6,8,15,25H,1,7,9-10H2,2-5H3/b14-8+. The molecule has 3 aliphatic heterocycles. The second-order valence-corrected chi connectivity index (χ2v) is 7.91. The van der Waals surface area contributed by atoms with Crippen molar-refractivity contribution in [3.63, 3.8) is 0 Å². The van der Waals surface area contributed by atoms with Crippen molar-refractivity contribution in [2.45, 2.75) is 57.8 Å². The summed E-state index contributed by atoms with van der Waals surface area (Å²) in [4.78, 5) is 36.1. The van der Waals surface area contributed by atoms with Gasteiger partial charge in [0, 0.05) is 37.0 Å². The molecule has 0 radical (unpaired) electrons. The molecule has 8 heteroatoms. The molecule has 1 N–H and O–H groups in total. The summed E-state index contributed by atoms with van der Waals surface area (Å²) in [5.41, 5.74) is -1.87. The van der Waals surface area contributed by atoms with Gasteiger partial charge in [-0.1, -0.05) is 6.58 Å². The molecule has 3 atom stereocenters. The predicted molar refractivity (Wildman–Crippen MR) is 100.0 cm³/mol. The molecule has 29 heavy (non-hydrogen) atoms. The maximum absolute atomic E-state index is 12.5. The molecule has 2 bridgehead atoms. The molecular weight excluding hydrogens is 380 g/mol. The summed E-state index contributed by atoms with van der Waals surface area (Å²) in [6.07, 6.45) is 2.70. The van der Waals surface area contributed by atoms with Crippen molar-refractivity contribution in [2.24, 2.45) is 0 Å². The van der Waals surface area contributed by atoms with Gasteiger partial charge in [-0.25, -0.2) is 9.59 Å². The van der Waals surface area contributed by atoms with E-state index < -0.39 is 35.2 Å². The lowest BCUT2D eigenvalue weighted by Gasteiger charge is -2.30. The Hall–Kier alpha value is -2.87. The Balaban J connectivity index is 2.14. The maximum Gasteiger partial charge on any atom is 0.343 e. The van der Waals surface area contributed by atoms with Gasteiger partial charge in [-0.05, 0) is 26.8 Å². The van der Waals surface area contributed by atoms with Gasteiger partial charge in [0.25, 0.3) is 0 Å². The lowest BCUT2D eigenvalue weighted by molar-refractivity contribution is -0.145. The largest absolute Gasteiger partial charge is 0.485 e. The fourth-order valence-corrected chi connectivity index (χ4v) is 3.47. The van der Waals surface area contributed by atoms with Crippen LogP contribution in [-0.4, -0.2) is 46.9 Å². The Kier molecular flexibility index (Phi) is 5.17. The van der Waals surface area contributed by atoms with Crippen LogP contribution in [0.15, 0.2) is 47.0 Å². The Morgan fingerprint density at radius 1 is 1.34 bits per heavy atom. The van der Waals surface area contributed by atoms with E-state index in [0.717, 1.165) is 0 Å². The van der Waals surface area contributed by atoms with Gasteiger partial charge in [0.15, 0.2) is 0 Å². The first kappa shape index (κ1) is 20.9. The number of esters is 3. The number of hydrogen-bond acceptors (Lipinski definition) is 8. The molecule has 0 saturated carbocycles. The predicted octanol–water partition coefficient (Wildman–Crippen LogP) is 1.99. The van der Waals surface area contributed by atoms with Crippen LogP contribution in [0.25, 0.3) is 0 Å². The van der Waals surface area contributed by atoms with Crippen molar-refractivity contribution in [1.82, 2.24) is 0 Å². The van der Waals surface area contributed by atoms with E-state index >= 15 is 0 Å². The SMILES string of the molecule is C=C(C)C(=O)OC1CC(C)(O)C2=CCC(C)(/C=C3/OC(=O)C(COC(C)=O)=C31)O2. The van der Waals surface area contributed by atoms with Crippen LogP contribution < -0.4 is 0 Å². The third kappa shape index (κ3) is 4.12. The van der Waals surface area contributed by atoms with Gasteiger partial charge in [0.2, 0.25) is 0 Å². The van der Waals surface area contributed by atoms with Crippen molar-refractivity contribution in [1.29, 1.82) is 0 Å². The smallest absolute Gasteiger partial charge is 0.343 e. The molecular formula is C21H24O8. The van der Waals surface area contributed by atoms with E-state index in [9.17, 15) is 19.5 Å². The van der Waals surface area contributed by atoms with Crippen LogP contribution >= 0.6 is 0 Å². The van der Waals surface area contributed by atoms with Crippen molar-refractivity contribution >= 4 is 17.9 Å². The molecule has 0 saturated heterocycles. The van der Waals surface area contributed by atoms with Gasteiger partial charge in [-0.2, -0.15) is 0 Å². The number of carbonyl (C=O) groups excluding carboxylic acids is 3. The average molecular weight is 404 g/mol. The number of carbonyl (C=O) groups is 3. The Labute approximate surface area is 168 Å². The third-order valence-corrected chi connectivity index (χ3v) is 4.97. The molecule has 0 aromatic rings. The van der Waals surface area contributed by atoms with Gasteiger partial charge in [0.1, 0.15) is 35.4 Å². The number of hydrogen-bond donors (Lipinski definition) is 1. The zero-order valence-electron chi connectivity index (χ0n) is 16.9. The number of aliphatic hydroxyl groups is 1. The van der Waals surface area contributed by atoms with E-state index in [2.05, 4.69) is 6.58 Å². The van der Waals surface area contributed by atoms with E-state index in [0.29, 0.717) is 12.2 Å². The van der Waals surface area contributed by atoms with E-state index in [1.165, 1.54) is 13.8 Å². The molecule has 3 aliphatic rings. The first-order chi connectivity index (χ1) is 13.4. The fraction of sp³-hybridized carbons (Fsp3) is 0.476. The van der Waals surface area contributed by atoms with Crippen molar-refractivity contribution in [3.8, 4) is 0 Å². The molecule has 3 heterocycles. The van der Waals surface area contributed by atoms with E-state index in [4.69, 9.17) is 18.9 Å². The van der Waals surface area contributed by atoms with Crippen LogP contribution in [0.2, 0.25) is 0 Å². The van der Waals surface area contributed by atoms with Crippen molar-refractivity contribution < 1.29 is 38.4 Å². The van der Waals surface area contributed by atoms with Crippen LogP contribution in [0.4, 0.5) is 0 Å².